The fraction of sp³-hybridized carbons (Fsp3) is 0.467. The average Bonchev–Trinajstić information content (AvgIpc) is 3.19. The number of benzene rings is 1. The van der Waals surface area contributed by atoms with Crippen molar-refractivity contribution in [1.82, 2.24) is 10.6 Å². The molecule has 0 bridgehead atoms. The predicted molar refractivity (Wildman–Crippen MR) is 71.2 cm³/mol. The summed E-state index contributed by atoms with van der Waals surface area (Å²) in [5.41, 5.74) is 0.519. The molecule has 1 aromatic carbocycles. The Morgan fingerprint density at radius 2 is 2.00 bits per heavy atom. The number of hydrogen-bond donors (Lipinski definition) is 2. The molecule has 2 aliphatic rings. The van der Waals surface area contributed by atoms with E-state index in [0.717, 1.165) is 18.4 Å². The second kappa shape index (κ2) is 4.37. The third-order valence-electron chi connectivity index (χ3n) is 4.12. The second-order valence-electron chi connectivity index (χ2n) is 5.66. The van der Waals surface area contributed by atoms with E-state index < -0.39 is 5.54 Å². The van der Waals surface area contributed by atoms with Gasteiger partial charge >= 0.3 is 0 Å². The van der Waals surface area contributed by atoms with Gasteiger partial charge in [-0.25, -0.2) is 0 Å². The highest BCUT2D eigenvalue weighted by atomic mass is 16.2. The molecule has 3 rings (SSSR count). The van der Waals surface area contributed by atoms with Gasteiger partial charge in [0.25, 0.3) is 0 Å². The lowest BCUT2D eigenvalue weighted by Gasteiger charge is -2.32. The maximum atomic E-state index is 11.9. The normalized spacial score (nSPS) is 29.9. The van der Waals surface area contributed by atoms with Crippen molar-refractivity contribution in [3.63, 3.8) is 0 Å². The average molecular weight is 258 g/mol. The zero-order valence-corrected chi connectivity index (χ0v) is 11.0. The van der Waals surface area contributed by atoms with Crippen LogP contribution in [-0.4, -0.2) is 17.9 Å². The zero-order valence-electron chi connectivity index (χ0n) is 11.0. The zero-order chi connectivity index (χ0) is 13.5. The minimum absolute atomic E-state index is 0.00699. The van der Waals surface area contributed by atoms with Crippen molar-refractivity contribution in [2.45, 2.75) is 37.8 Å². The van der Waals surface area contributed by atoms with Gasteiger partial charge in [-0.2, -0.15) is 0 Å². The number of carbonyl (C=O) groups is 2. The summed E-state index contributed by atoms with van der Waals surface area (Å²) in [7, 11) is 0. The third-order valence-corrected chi connectivity index (χ3v) is 4.12. The first-order valence-electron chi connectivity index (χ1n) is 6.76. The van der Waals surface area contributed by atoms with Gasteiger partial charge in [-0.15, -0.1) is 0 Å². The summed E-state index contributed by atoms with van der Waals surface area (Å²) in [4.78, 5) is 23.7. The van der Waals surface area contributed by atoms with Gasteiger partial charge in [0, 0.05) is 12.3 Å². The molecule has 1 heterocycles. The van der Waals surface area contributed by atoms with Crippen molar-refractivity contribution in [3.05, 3.63) is 35.9 Å². The van der Waals surface area contributed by atoms with Crippen LogP contribution in [0.3, 0.4) is 0 Å². The summed E-state index contributed by atoms with van der Waals surface area (Å²) in [5.74, 6) is 0.242. The maximum Gasteiger partial charge on any atom is 0.223 e. The van der Waals surface area contributed by atoms with Crippen molar-refractivity contribution in [2.75, 3.05) is 0 Å². The van der Waals surface area contributed by atoms with Crippen molar-refractivity contribution >= 4 is 11.8 Å². The molecule has 1 aromatic rings. The molecular formula is C15H18N2O2. The fourth-order valence-electron chi connectivity index (χ4n) is 2.71. The largest absolute Gasteiger partial charge is 0.350 e. The van der Waals surface area contributed by atoms with E-state index in [0.29, 0.717) is 6.42 Å². The van der Waals surface area contributed by atoms with Gasteiger partial charge in [0.1, 0.15) is 0 Å². The number of nitrogens with one attached hydrogen (secondary N) is 2. The van der Waals surface area contributed by atoms with E-state index >= 15 is 0 Å². The molecule has 0 spiro atoms. The van der Waals surface area contributed by atoms with E-state index in [-0.39, 0.29) is 23.8 Å². The van der Waals surface area contributed by atoms with E-state index in [1.165, 1.54) is 0 Å². The molecule has 2 amide bonds. The summed E-state index contributed by atoms with van der Waals surface area (Å²) in [6, 6.07) is 9.65. The summed E-state index contributed by atoms with van der Waals surface area (Å²) in [6.45, 7) is 1.98. The van der Waals surface area contributed by atoms with E-state index in [1.807, 2.05) is 37.3 Å². The van der Waals surface area contributed by atoms with Crippen LogP contribution in [0.5, 0.6) is 0 Å². The van der Waals surface area contributed by atoms with Crippen LogP contribution >= 0.6 is 0 Å². The van der Waals surface area contributed by atoms with Crippen LogP contribution in [0.2, 0.25) is 0 Å². The molecule has 2 N–H and O–H groups in total. The van der Waals surface area contributed by atoms with Crippen LogP contribution in [0.25, 0.3) is 0 Å². The molecule has 0 unspecified atom stereocenters. The fourth-order valence-corrected chi connectivity index (χ4v) is 2.71. The van der Waals surface area contributed by atoms with Crippen LogP contribution in [0.4, 0.5) is 0 Å². The Balaban J connectivity index is 1.84. The quantitative estimate of drug-likeness (QED) is 0.859. The third kappa shape index (κ3) is 2.23. The van der Waals surface area contributed by atoms with Gasteiger partial charge in [-0.05, 0) is 25.3 Å². The Bertz CT molecular complexity index is 510. The molecule has 19 heavy (non-hydrogen) atoms. The summed E-state index contributed by atoms with van der Waals surface area (Å²) in [6.07, 6.45) is 2.30. The molecule has 1 saturated heterocycles. The minimum atomic E-state index is -0.511. The lowest BCUT2D eigenvalue weighted by atomic mass is 9.86. The van der Waals surface area contributed by atoms with E-state index in [2.05, 4.69) is 10.6 Å². The first-order valence-corrected chi connectivity index (χ1v) is 6.76. The van der Waals surface area contributed by atoms with Gasteiger partial charge in [0.05, 0.1) is 11.6 Å². The summed E-state index contributed by atoms with van der Waals surface area (Å²) < 4.78 is 0. The minimum Gasteiger partial charge on any atom is -0.350 e. The topological polar surface area (TPSA) is 58.2 Å². The maximum absolute atomic E-state index is 11.9. The van der Waals surface area contributed by atoms with Crippen molar-refractivity contribution < 1.29 is 9.59 Å². The molecule has 100 valence electrons. The smallest absolute Gasteiger partial charge is 0.223 e. The van der Waals surface area contributed by atoms with Gasteiger partial charge in [-0.3, -0.25) is 9.59 Å². The van der Waals surface area contributed by atoms with E-state index in [9.17, 15) is 9.59 Å². The Hall–Kier alpha value is -1.84. The number of carbonyl (C=O) groups excluding carboxylic acids is 2. The molecule has 1 aliphatic heterocycles. The molecule has 0 aromatic heterocycles. The number of hydrogen-bond acceptors (Lipinski definition) is 2. The van der Waals surface area contributed by atoms with Gasteiger partial charge < -0.3 is 10.6 Å². The lowest BCUT2D eigenvalue weighted by molar-refractivity contribution is -0.123. The van der Waals surface area contributed by atoms with Gasteiger partial charge in [-0.1, -0.05) is 30.3 Å². The molecule has 1 saturated carbocycles. The number of rotatable bonds is 3. The van der Waals surface area contributed by atoms with Crippen molar-refractivity contribution in [3.8, 4) is 0 Å². The lowest BCUT2D eigenvalue weighted by Crippen LogP contribution is -2.51. The van der Waals surface area contributed by atoms with E-state index in [1.54, 1.807) is 0 Å². The Morgan fingerprint density at radius 1 is 1.32 bits per heavy atom. The van der Waals surface area contributed by atoms with Gasteiger partial charge in [0.2, 0.25) is 11.8 Å². The molecule has 4 heteroatoms. The summed E-state index contributed by atoms with van der Waals surface area (Å²) >= 11 is 0. The summed E-state index contributed by atoms with van der Waals surface area (Å²) in [5, 5.41) is 6.05. The van der Waals surface area contributed by atoms with Crippen molar-refractivity contribution in [2.24, 2.45) is 5.92 Å². The first kappa shape index (κ1) is 12.2. The van der Waals surface area contributed by atoms with Crippen LogP contribution in [0.15, 0.2) is 30.3 Å². The monoisotopic (exact) mass is 258 g/mol. The molecule has 4 nitrogen and oxygen atoms in total. The first-order chi connectivity index (χ1) is 9.09. The highest BCUT2D eigenvalue weighted by Gasteiger charge is 2.46. The second-order valence-corrected chi connectivity index (χ2v) is 5.66. The highest BCUT2D eigenvalue weighted by molar-refractivity contribution is 5.85. The van der Waals surface area contributed by atoms with E-state index in [4.69, 9.17) is 0 Å². The molecule has 1 aliphatic carbocycles. The standard InChI is InChI=1S/C15H18N2O2/c1-15(11-5-3-2-4-6-11)12(9-13(18)17-15)16-14(19)10-7-8-10/h2-6,10,12H,7-9H2,1H3,(H,16,19)(H,17,18)/t12-,15+/m0/s1. The van der Waals surface area contributed by atoms with Crippen LogP contribution < -0.4 is 10.6 Å². The van der Waals surface area contributed by atoms with Crippen LogP contribution in [0.1, 0.15) is 31.7 Å². The molecule has 2 fully saturated rings. The molecule has 0 radical (unpaired) electrons. The Kier molecular flexibility index (Phi) is 2.81. The molecular weight excluding hydrogens is 240 g/mol. The Morgan fingerprint density at radius 3 is 2.63 bits per heavy atom. The van der Waals surface area contributed by atoms with Gasteiger partial charge in [0.15, 0.2) is 0 Å². The van der Waals surface area contributed by atoms with Crippen molar-refractivity contribution in [1.29, 1.82) is 0 Å². The molecule has 2 atom stereocenters. The highest BCUT2D eigenvalue weighted by Crippen LogP contribution is 2.34. The Labute approximate surface area is 112 Å². The predicted octanol–water partition coefficient (Wildman–Crippen LogP) is 1.32. The number of amides is 2. The van der Waals surface area contributed by atoms with Crippen LogP contribution in [-0.2, 0) is 15.1 Å². The van der Waals surface area contributed by atoms with Crippen LogP contribution in [0, 0.1) is 5.92 Å². The SMILES string of the molecule is C[C@]1(c2ccccc2)NC(=O)C[C@@H]1NC(=O)C1CC1.